The minimum absolute atomic E-state index is 0.0273. The minimum atomic E-state index is -0.445. The first-order valence-corrected chi connectivity index (χ1v) is 4.33. The second-order valence-electron chi connectivity index (χ2n) is 3.58. The molecule has 1 heterocycles. The molecule has 1 fully saturated rings. The van der Waals surface area contributed by atoms with Crippen LogP contribution in [0.4, 0.5) is 4.39 Å². The highest BCUT2D eigenvalue weighted by atomic mass is 19.1. The summed E-state index contributed by atoms with van der Waals surface area (Å²) in [5, 5.41) is 0. The molecule has 1 aliphatic rings. The molecule has 2 unspecified atom stereocenters. The first kappa shape index (κ1) is 8.35. The number of carbonyl (C=O) groups excluding carboxylic acids is 1. The number of nitrogens with zero attached hydrogens (tertiary/aromatic N) is 1. The van der Waals surface area contributed by atoms with Crippen LogP contribution in [0, 0.1) is 17.7 Å². The Hall–Kier alpha value is -1.25. The van der Waals surface area contributed by atoms with Crippen molar-refractivity contribution in [1.82, 2.24) is 4.98 Å². The van der Waals surface area contributed by atoms with Crippen molar-refractivity contribution in [3.8, 4) is 0 Å². The van der Waals surface area contributed by atoms with E-state index < -0.39 is 5.82 Å². The molecule has 0 spiro atoms. The molecule has 1 aliphatic carbocycles. The maximum absolute atomic E-state index is 12.7. The number of hydrogen-bond acceptors (Lipinski definition) is 2. The third kappa shape index (κ3) is 1.59. The van der Waals surface area contributed by atoms with Gasteiger partial charge in [-0.3, -0.25) is 9.78 Å². The number of ketones is 1. The Balaban J connectivity index is 2.21. The van der Waals surface area contributed by atoms with E-state index in [1.807, 2.05) is 6.92 Å². The van der Waals surface area contributed by atoms with Crippen molar-refractivity contribution in [1.29, 1.82) is 0 Å². The first-order chi connectivity index (χ1) is 6.18. The van der Waals surface area contributed by atoms with Gasteiger partial charge in [0.15, 0.2) is 5.78 Å². The molecule has 0 N–H and O–H groups in total. The second kappa shape index (κ2) is 2.91. The van der Waals surface area contributed by atoms with Crippen LogP contribution in [0.25, 0.3) is 0 Å². The summed E-state index contributed by atoms with van der Waals surface area (Å²) in [5.41, 5.74) is 0.398. The van der Waals surface area contributed by atoms with Crippen LogP contribution in [0.5, 0.6) is 0 Å². The fourth-order valence-electron chi connectivity index (χ4n) is 1.45. The van der Waals surface area contributed by atoms with Gasteiger partial charge in [-0.25, -0.2) is 4.39 Å². The number of aromatic nitrogens is 1. The van der Waals surface area contributed by atoms with E-state index in [1.165, 1.54) is 12.3 Å². The Bertz CT molecular complexity index is 351. The molecule has 1 saturated carbocycles. The number of carbonyl (C=O) groups is 1. The molecule has 2 atom stereocenters. The lowest BCUT2D eigenvalue weighted by Gasteiger charge is -1.97. The molecule has 0 saturated heterocycles. The number of Topliss-reactive ketones (excluding diaryl/α,β-unsaturated/α-hetero) is 1. The smallest absolute Gasteiger partial charge is 0.167 e. The van der Waals surface area contributed by atoms with Gasteiger partial charge in [-0.1, -0.05) is 6.92 Å². The summed E-state index contributed by atoms with van der Waals surface area (Å²) in [6.07, 6.45) is 3.46. The summed E-state index contributed by atoms with van der Waals surface area (Å²) in [6, 6.07) is 1.25. The molecular weight excluding hydrogens is 169 g/mol. The zero-order chi connectivity index (χ0) is 9.42. The quantitative estimate of drug-likeness (QED) is 0.650. The van der Waals surface area contributed by atoms with Gasteiger partial charge in [0.05, 0.1) is 6.20 Å². The molecule has 0 aromatic carbocycles. The van der Waals surface area contributed by atoms with Crippen molar-refractivity contribution < 1.29 is 9.18 Å². The van der Waals surface area contributed by atoms with E-state index >= 15 is 0 Å². The molecule has 68 valence electrons. The minimum Gasteiger partial charge on any atom is -0.294 e. The highest BCUT2D eigenvalue weighted by Crippen LogP contribution is 2.40. The summed E-state index contributed by atoms with van der Waals surface area (Å²) in [4.78, 5) is 15.2. The topological polar surface area (TPSA) is 30.0 Å². The molecule has 1 aromatic rings. The lowest BCUT2D eigenvalue weighted by atomic mass is 10.1. The summed E-state index contributed by atoms with van der Waals surface area (Å²) < 4.78 is 12.7. The monoisotopic (exact) mass is 179 g/mol. The van der Waals surface area contributed by atoms with E-state index in [4.69, 9.17) is 0 Å². The van der Waals surface area contributed by atoms with Crippen molar-refractivity contribution in [3.63, 3.8) is 0 Å². The molecule has 0 bridgehead atoms. The maximum atomic E-state index is 12.7. The van der Waals surface area contributed by atoms with Crippen molar-refractivity contribution in [2.45, 2.75) is 13.3 Å². The largest absolute Gasteiger partial charge is 0.294 e. The molecule has 0 amide bonds. The van der Waals surface area contributed by atoms with Crippen molar-refractivity contribution >= 4 is 5.78 Å². The summed E-state index contributed by atoms with van der Waals surface area (Å²) in [6.45, 7) is 2.02. The Labute approximate surface area is 75.8 Å². The van der Waals surface area contributed by atoms with E-state index in [2.05, 4.69) is 4.98 Å². The van der Waals surface area contributed by atoms with E-state index in [9.17, 15) is 9.18 Å². The molecule has 0 radical (unpaired) electrons. The lowest BCUT2D eigenvalue weighted by Crippen LogP contribution is -2.03. The van der Waals surface area contributed by atoms with E-state index in [-0.39, 0.29) is 11.7 Å². The highest BCUT2D eigenvalue weighted by Gasteiger charge is 2.39. The number of hydrogen-bond donors (Lipinski definition) is 0. The predicted octanol–water partition coefficient (Wildman–Crippen LogP) is 2.06. The maximum Gasteiger partial charge on any atom is 0.167 e. The number of halogens is 1. The SMILES string of the molecule is CC1CC1C(=O)c1cncc(F)c1. The van der Waals surface area contributed by atoms with Crippen LogP contribution in [0.15, 0.2) is 18.5 Å². The van der Waals surface area contributed by atoms with Gasteiger partial charge >= 0.3 is 0 Å². The summed E-state index contributed by atoms with van der Waals surface area (Å²) >= 11 is 0. The van der Waals surface area contributed by atoms with E-state index in [0.29, 0.717) is 11.5 Å². The van der Waals surface area contributed by atoms with Crippen LogP contribution in [-0.2, 0) is 0 Å². The normalized spacial score (nSPS) is 25.7. The highest BCUT2D eigenvalue weighted by molar-refractivity contribution is 5.99. The van der Waals surface area contributed by atoms with Gasteiger partial charge < -0.3 is 0 Å². The molecule has 3 heteroatoms. The van der Waals surface area contributed by atoms with E-state index in [1.54, 1.807) is 0 Å². The first-order valence-electron chi connectivity index (χ1n) is 4.33. The van der Waals surface area contributed by atoms with Gasteiger partial charge in [-0.05, 0) is 18.4 Å². The van der Waals surface area contributed by atoms with Crippen LogP contribution in [-0.4, -0.2) is 10.8 Å². The van der Waals surface area contributed by atoms with Gasteiger partial charge in [-0.2, -0.15) is 0 Å². The van der Waals surface area contributed by atoms with Crippen LogP contribution < -0.4 is 0 Å². The Morgan fingerprint density at radius 2 is 2.31 bits per heavy atom. The zero-order valence-electron chi connectivity index (χ0n) is 7.33. The number of rotatable bonds is 2. The average molecular weight is 179 g/mol. The second-order valence-corrected chi connectivity index (χ2v) is 3.58. The summed E-state index contributed by atoms with van der Waals surface area (Å²) in [7, 11) is 0. The van der Waals surface area contributed by atoms with Gasteiger partial charge in [0.25, 0.3) is 0 Å². The fraction of sp³-hybridized carbons (Fsp3) is 0.400. The molecule has 13 heavy (non-hydrogen) atoms. The fourth-order valence-corrected chi connectivity index (χ4v) is 1.45. The van der Waals surface area contributed by atoms with Gasteiger partial charge in [0, 0.05) is 17.7 Å². The van der Waals surface area contributed by atoms with Crippen molar-refractivity contribution in [3.05, 3.63) is 29.8 Å². The van der Waals surface area contributed by atoms with Crippen molar-refractivity contribution in [2.24, 2.45) is 11.8 Å². The van der Waals surface area contributed by atoms with Crippen LogP contribution >= 0.6 is 0 Å². The Morgan fingerprint density at radius 1 is 1.62 bits per heavy atom. The van der Waals surface area contributed by atoms with Crippen LogP contribution in [0.2, 0.25) is 0 Å². The van der Waals surface area contributed by atoms with Gasteiger partial charge in [0.1, 0.15) is 5.82 Å². The molecule has 2 rings (SSSR count). The van der Waals surface area contributed by atoms with Crippen LogP contribution in [0.3, 0.4) is 0 Å². The average Bonchev–Trinajstić information content (AvgIpc) is 2.81. The van der Waals surface area contributed by atoms with Crippen molar-refractivity contribution in [2.75, 3.05) is 0 Å². The predicted molar refractivity (Wildman–Crippen MR) is 45.8 cm³/mol. The van der Waals surface area contributed by atoms with E-state index in [0.717, 1.165) is 12.6 Å². The zero-order valence-corrected chi connectivity index (χ0v) is 7.33. The number of pyridine rings is 1. The molecule has 2 nitrogen and oxygen atoms in total. The third-order valence-electron chi connectivity index (χ3n) is 2.44. The molecule has 0 aliphatic heterocycles. The Morgan fingerprint density at radius 3 is 2.85 bits per heavy atom. The van der Waals surface area contributed by atoms with Gasteiger partial charge in [-0.15, -0.1) is 0 Å². The van der Waals surface area contributed by atoms with Crippen LogP contribution in [0.1, 0.15) is 23.7 Å². The molecular formula is C10H10FNO. The lowest BCUT2D eigenvalue weighted by molar-refractivity contribution is 0.0961. The Kier molecular flexibility index (Phi) is 1.87. The standard InChI is InChI=1S/C10H10FNO/c1-6-2-9(6)10(13)7-3-8(11)5-12-4-7/h3-6,9H,2H2,1H3. The third-order valence-corrected chi connectivity index (χ3v) is 2.44. The summed E-state index contributed by atoms with van der Waals surface area (Å²) in [5.74, 6) is 0.137. The van der Waals surface area contributed by atoms with Gasteiger partial charge in [0.2, 0.25) is 0 Å². The molecule has 1 aromatic heterocycles.